The first-order valence-electron chi connectivity index (χ1n) is 5.06. The summed E-state index contributed by atoms with van der Waals surface area (Å²) in [7, 11) is 0. The summed E-state index contributed by atoms with van der Waals surface area (Å²) >= 11 is 0. The normalized spacial score (nSPS) is 12.4. The van der Waals surface area contributed by atoms with Crippen LogP contribution in [0.2, 0.25) is 0 Å². The van der Waals surface area contributed by atoms with Crippen molar-refractivity contribution < 1.29 is 0 Å². The second kappa shape index (κ2) is 5.86. The van der Waals surface area contributed by atoms with Gasteiger partial charge in [0.2, 0.25) is 0 Å². The molecule has 0 saturated carbocycles. The van der Waals surface area contributed by atoms with E-state index < -0.39 is 0 Å². The van der Waals surface area contributed by atoms with Crippen molar-refractivity contribution >= 4 is 5.69 Å². The molecule has 0 unspecified atom stereocenters. The summed E-state index contributed by atoms with van der Waals surface area (Å²) in [6.45, 7) is 7.82. The first-order chi connectivity index (χ1) is 7.27. The van der Waals surface area contributed by atoms with Gasteiger partial charge in [0.1, 0.15) is 0 Å². The lowest BCUT2D eigenvalue weighted by Gasteiger charge is -2.09. The van der Waals surface area contributed by atoms with E-state index in [0.717, 1.165) is 17.0 Å². The van der Waals surface area contributed by atoms with Gasteiger partial charge in [-0.25, -0.2) is 0 Å². The number of para-hydroxylation sites is 1. The fraction of sp³-hybridized carbons (Fsp3) is 0.143. The molecule has 0 aromatic heterocycles. The predicted molar refractivity (Wildman–Crippen MR) is 67.8 cm³/mol. The van der Waals surface area contributed by atoms with Crippen LogP contribution in [0.4, 0.5) is 5.69 Å². The van der Waals surface area contributed by atoms with Crippen LogP contribution in [-0.2, 0) is 0 Å². The summed E-state index contributed by atoms with van der Waals surface area (Å²) in [5.41, 5.74) is 3.31. The predicted octanol–water partition coefficient (Wildman–Crippen LogP) is 4.13. The molecule has 1 nitrogen and oxygen atoms in total. The van der Waals surface area contributed by atoms with Crippen molar-refractivity contribution in [3.63, 3.8) is 0 Å². The quantitative estimate of drug-likeness (QED) is 0.719. The molecule has 0 amide bonds. The molecule has 0 radical (unpaired) electrons. The van der Waals surface area contributed by atoms with Crippen molar-refractivity contribution in [1.29, 1.82) is 0 Å². The molecular formula is C14H17N. The maximum atomic E-state index is 3.77. The van der Waals surface area contributed by atoms with Gasteiger partial charge >= 0.3 is 0 Å². The van der Waals surface area contributed by atoms with Crippen LogP contribution in [0.1, 0.15) is 13.8 Å². The maximum absolute atomic E-state index is 3.77. The minimum atomic E-state index is 1.08. The van der Waals surface area contributed by atoms with Crippen molar-refractivity contribution in [3.8, 4) is 0 Å². The largest absolute Gasteiger partial charge is 0.355 e. The van der Waals surface area contributed by atoms with Crippen LogP contribution in [0.15, 0.2) is 66.4 Å². The highest BCUT2D eigenvalue weighted by Gasteiger charge is 1.96. The van der Waals surface area contributed by atoms with Gasteiger partial charge in [-0.05, 0) is 37.6 Å². The number of hydrogen-bond acceptors (Lipinski definition) is 1. The Bertz CT molecular complexity index is 372. The monoisotopic (exact) mass is 199 g/mol. The molecule has 0 fully saturated rings. The average molecular weight is 199 g/mol. The molecule has 0 saturated heterocycles. The number of hydrogen-bond donors (Lipinski definition) is 1. The van der Waals surface area contributed by atoms with Gasteiger partial charge in [-0.1, -0.05) is 36.9 Å². The van der Waals surface area contributed by atoms with E-state index in [1.807, 2.05) is 62.4 Å². The van der Waals surface area contributed by atoms with Gasteiger partial charge in [-0.15, -0.1) is 0 Å². The van der Waals surface area contributed by atoms with Crippen LogP contribution >= 0.6 is 0 Å². The average Bonchev–Trinajstić information content (AvgIpc) is 2.29. The van der Waals surface area contributed by atoms with Gasteiger partial charge in [-0.2, -0.15) is 0 Å². The first-order valence-corrected chi connectivity index (χ1v) is 5.06. The molecule has 1 rings (SSSR count). The highest BCUT2D eigenvalue weighted by Crippen LogP contribution is 2.13. The second-order valence-electron chi connectivity index (χ2n) is 3.29. The van der Waals surface area contributed by atoms with E-state index in [2.05, 4.69) is 11.9 Å². The second-order valence-corrected chi connectivity index (χ2v) is 3.29. The Kier molecular flexibility index (Phi) is 4.42. The van der Waals surface area contributed by atoms with Gasteiger partial charge in [0, 0.05) is 11.4 Å². The highest BCUT2D eigenvalue weighted by molar-refractivity contribution is 5.52. The summed E-state index contributed by atoms with van der Waals surface area (Å²) in [6.07, 6.45) is 5.91. The topological polar surface area (TPSA) is 12.0 Å². The molecular weight excluding hydrogens is 182 g/mol. The molecule has 0 aliphatic rings. The molecule has 0 atom stereocenters. The van der Waals surface area contributed by atoms with Crippen molar-refractivity contribution in [1.82, 2.24) is 0 Å². The van der Waals surface area contributed by atoms with E-state index >= 15 is 0 Å². The third-order valence-electron chi connectivity index (χ3n) is 2.12. The summed E-state index contributed by atoms with van der Waals surface area (Å²) in [5, 5.41) is 3.35. The van der Waals surface area contributed by atoms with E-state index in [0.29, 0.717) is 0 Å². The van der Waals surface area contributed by atoms with Crippen molar-refractivity contribution in [3.05, 3.63) is 66.4 Å². The molecule has 1 aromatic carbocycles. The first kappa shape index (κ1) is 11.3. The lowest BCUT2D eigenvalue weighted by Crippen LogP contribution is -1.98. The Labute approximate surface area is 91.8 Å². The summed E-state index contributed by atoms with van der Waals surface area (Å²) in [5.74, 6) is 0. The van der Waals surface area contributed by atoms with Gasteiger partial charge in [0.15, 0.2) is 0 Å². The third-order valence-corrected chi connectivity index (χ3v) is 2.12. The van der Waals surface area contributed by atoms with Crippen molar-refractivity contribution in [2.24, 2.45) is 0 Å². The number of anilines is 1. The smallest absolute Gasteiger partial charge is 0.0410 e. The van der Waals surface area contributed by atoms with Gasteiger partial charge < -0.3 is 5.32 Å². The van der Waals surface area contributed by atoms with Crippen LogP contribution in [0.5, 0.6) is 0 Å². The van der Waals surface area contributed by atoms with Crippen LogP contribution in [-0.4, -0.2) is 0 Å². The Morgan fingerprint density at radius 3 is 2.47 bits per heavy atom. The van der Waals surface area contributed by atoms with E-state index in [9.17, 15) is 0 Å². The standard InChI is InChI=1S/C14H17N/c1-4-9-14(12(3)5-2)15-13-10-7-6-8-11-13/h4-11,15H,2H2,1,3H3/b9-4-,14-12+. The van der Waals surface area contributed by atoms with Gasteiger partial charge in [0.25, 0.3) is 0 Å². The molecule has 0 aliphatic carbocycles. The molecule has 15 heavy (non-hydrogen) atoms. The van der Waals surface area contributed by atoms with Crippen LogP contribution < -0.4 is 5.32 Å². The molecule has 1 aromatic rings. The summed E-state index contributed by atoms with van der Waals surface area (Å²) in [4.78, 5) is 0. The Hall–Kier alpha value is -1.76. The minimum Gasteiger partial charge on any atom is -0.355 e. The lowest BCUT2D eigenvalue weighted by atomic mass is 10.2. The summed E-state index contributed by atoms with van der Waals surface area (Å²) < 4.78 is 0. The molecule has 78 valence electrons. The molecule has 0 aliphatic heterocycles. The molecule has 0 spiro atoms. The molecule has 1 heteroatoms. The molecule has 0 bridgehead atoms. The van der Waals surface area contributed by atoms with E-state index in [-0.39, 0.29) is 0 Å². The van der Waals surface area contributed by atoms with Gasteiger partial charge in [0.05, 0.1) is 0 Å². The zero-order valence-corrected chi connectivity index (χ0v) is 9.33. The number of benzene rings is 1. The SMILES string of the molecule is C=C/C(C)=C(\C=C/C)Nc1ccccc1. The Balaban J connectivity index is 2.90. The van der Waals surface area contributed by atoms with Crippen molar-refractivity contribution in [2.75, 3.05) is 5.32 Å². The third kappa shape index (κ3) is 3.47. The Morgan fingerprint density at radius 2 is 1.93 bits per heavy atom. The number of nitrogens with one attached hydrogen (secondary N) is 1. The lowest BCUT2D eigenvalue weighted by molar-refractivity contribution is 1.36. The zero-order valence-electron chi connectivity index (χ0n) is 9.33. The fourth-order valence-corrected chi connectivity index (χ4v) is 1.23. The van der Waals surface area contributed by atoms with Crippen LogP contribution in [0.25, 0.3) is 0 Å². The van der Waals surface area contributed by atoms with Crippen molar-refractivity contribution in [2.45, 2.75) is 13.8 Å². The number of allylic oxidation sites excluding steroid dienone is 4. The van der Waals surface area contributed by atoms with E-state index in [1.54, 1.807) is 0 Å². The minimum absolute atomic E-state index is 1.08. The van der Waals surface area contributed by atoms with Crippen LogP contribution in [0, 0.1) is 0 Å². The number of rotatable bonds is 4. The van der Waals surface area contributed by atoms with E-state index in [4.69, 9.17) is 0 Å². The van der Waals surface area contributed by atoms with E-state index in [1.165, 1.54) is 0 Å². The molecule has 1 N–H and O–H groups in total. The summed E-state index contributed by atoms with van der Waals surface area (Å²) in [6, 6.07) is 10.1. The maximum Gasteiger partial charge on any atom is 0.0410 e. The highest BCUT2D eigenvalue weighted by atomic mass is 14.9. The fourth-order valence-electron chi connectivity index (χ4n) is 1.23. The van der Waals surface area contributed by atoms with Crippen LogP contribution in [0.3, 0.4) is 0 Å². The van der Waals surface area contributed by atoms with Gasteiger partial charge in [-0.3, -0.25) is 0 Å². The zero-order chi connectivity index (χ0) is 11.1. The Morgan fingerprint density at radius 1 is 1.27 bits per heavy atom. The molecule has 0 heterocycles.